The number of benzene rings is 6. The van der Waals surface area contributed by atoms with Crippen molar-refractivity contribution in [2.24, 2.45) is 0 Å². The molecule has 0 bridgehead atoms. The van der Waals surface area contributed by atoms with E-state index in [-0.39, 0.29) is 0 Å². The van der Waals surface area contributed by atoms with Crippen LogP contribution < -0.4 is 0 Å². The standard InChI is InChI=1S/C45H30N2S/c1-3-11-29(12-4-1)31-19-21-32(22-20-31)37-28-43(46-39-17-9-7-15-34(37)39)47-40-25-23-33(30-13-5-2-6-14-30)27-38(40)44-41(47)26-24-36-35-16-8-10-18-42(35)48-45(36)44/h1-28,36,45H. The van der Waals surface area contributed by atoms with Gasteiger partial charge in [0.15, 0.2) is 0 Å². The van der Waals surface area contributed by atoms with E-state index >= 15 is 0 Å². The molecule has 3 heterocycles. The Hall–Kier alpha value is -5.64. The Morgan fingerprint density at radius 1 is 0.542 bits per heavy atom. The first kappa shape index (κ1) is 27.5. The monoisotopic (exact) mass is 630 g/mol. The highest BCUT2D eigenvalue weighted by atomic mass is 32.2. The Morgan fingerprint density at radius 3 is 2.00 bits per heavy atom. The third kappa shape index (κ3) is 4.32. The van der Waals surface area contributed by atoms with E-state index in [1.54, 1.807) is 0 Å². The van der Waals surface area contributed by atoms with Gasteiger partial charge in [-0.1, -0.05) is 133 Å². The summed E-state index contributed by atoms with van der Waals surface area (Å²) in [6.07, 6.45) is 4.77. The molecule has 2 aliphatic rings. The lowest BCUT2D eigenvalue weighted by Gasteiger charge is -2.22. The number of pyridine rings is 1. The molecule has 226 valence electrons. The Kier molecular flexibility index (Phi) is 6.28. The second-order valence-corrected chi connectivity index (χ2v) is 13.9. The van der Waals surface area contributed by atoms with E-state index in [9.17, 15) is 0 Å². The summed E-state index contributed by atoms with van der Waals surface area (Å²) in [5.41, 5.74) is 13.5. The number of allylic oxidation sites excluding steroid dienone is 1. The third-order valence-corrected chi connectivity index (χ3v) is 11.4. The summed E-state index contributed by atoms with van der Waals surface area (Å²) in [5, 5.41) is 2.76. The third-order valence-electron chi connectivity index (χ3n) is 9.99. The fourth-order valence-electron chi connectivity index (χ4n) is 7.72. The number of hydrogen-bond donors (Lipinski definition) is 0. The molecular formula is C45H30N2S. The minimum absolute atomic E-state index is 0.308. The highest BCUT2D eigenvalue weighted by molar-refractivity contribution is 8.00. The first-order chi connectivity index (χ1) is 23.8. The summed E-state index contributed by atoms with van der Waals surface area (Å²) in [5.74, 6) is 1.29. The molecule has 0 spiro atoms. The molecule has 2 unspecified atom stereocenters. The molecule has 0 amide bonds. The van der Waals surface area contributed by atoms with Crippen molar-refractivity contribution < 1.29 is 0 Å². The van der Waals surface area contributed by atoms with Gasteiger partial charge in [0.2, 0.25) is 0 Å². The van der Waals surface area contributed by atoms with Gasteiger partial charge in [-0.3, -0.25) is 4.57 Å². The normalized spacial score (nSPS) is 16.2. The van der Waals surface area contributed by atoms with E-state index in [2.05, 4.69) is 174 Å². The zero-order valence-electron chi connectivity index (χ0n) is 26.1. The van der Waals surface area contributed by atoms with Gasteiger partial charge in [-0.2, -0.15) is 0 Å². The number of nitrogens with zero attached hydrogens (tertiary/aromatic N) is 2. The maximum absolute atomic E-state index is 5.36. The molecule has 0 radical (unpaired) electrons. The molecule has 0 saturated carbocycles. The first-order valence-corrected chi connectivity index (χ1v) is 17.4. The van der Waals surface area contributed by atoms with Crippen LogP contribution in [-0.4, -0.2) is 9.55 Å². The van der Waals surface area contributed by atoms with Gasteiger partial charge in [-0.05, 0) is 80.9 Å². The Labute approximate surface area is 284 Å². The second-order valence-electron chi connectivity index (χ2n) is 12.7. The Morgan fingerprint density at radius 2 is 1.19 bits per heavy atom. The molecule has 2 nitrogen and oxygen atoms in total. The highest BCUT2D eigenvalue weighted by Gasteiger charge is 2.39. The van der Waals surface area contributed by atoms with Crippen LogP contribution in [0.25, 0.3) is 67.1 Å². The fraction of sp³-hybridized carbons (Fsp3) is 0.0444. The first-order valence-electron chi connectivity index (χ1n) is 16.5. The maximum atomic E-state index is 5.36. The fourth-order valence-corrected chi connectivity index (χ4v) is 9.24. The zero-order valence-corrected chi connectivity index (χ0v) is 26.9. The van der Waals surface area contributed by atoms with Crippen LogP contribution in [0.1, 0.15) is 28.0 Å². The predicted octanol–water partition coefficient (Wildman–Crippen LogP) is 12.1. The molecule has 3 heteroatoms. The summed E-state index contributed by atoms with van der Waals surface area (Å²) >= 11 is 2.00. The second kappa shape index (κ2) is 11.0. The van der Waals surface area contributed by atoms with Crippen molar-refractivity contribution in [1.29, 1.82) is 0 Å². The molecule has 1 aliphatic carbocycles. The van der Waals surface area contributed by atoms with Crippen molar-refractivity contribution >= 4 is 39.6 Å². The number of aromatic nitrogens is 2. The van der Waals surface area contributed by atoms with Crippen LogP contribution in [0.15, 0.2) is 169 Å². The molecule has 0 saturated heterocycles. The molecule has 0 fully saturated rings. The van der Waals surface area contributed by atoms with Crippen molar-refractivity contribution in [3.8, 4) is 39.2 Å². The molecule has 8 aromatic rings. The van der Waals surface area contributed by atoms with Gasteiger partial charge in [0.05, 0.1) is 16.7 Å². The molecule has 6 aromatic carbocycles. The number of thioether (sulfide) groups is 1. The zero-order chi connectivity index (χ0) is 31.6. The highest BCUT2D eigenvalue weighted by Crippen LogP contribution is 2.59. The lowest BCUT2D eigenvalue weighted by atomic mass is 9.86. The molecule has 48 heavy (non-hydrogen) atoms. The summed E-state index contributed by atoms with van der Waals surface area (Å²) in [6, 6.07) is 57.0. The number of hydrogen-bond acceptors (Lipinski definition) is 2. The lowest BCUT2D eigenvalue weighted by Crippen LogP contribution is -2.09. The number of rotatable bonds is 4. The van der Waals surface area contributed by atoms with Gasteiger partial charge >= 0.3 is 0 Å². The van der Waals surface area contributed by atoms with Gasteiger partial charge in [-0.15, -0.1) is 11.8 Å². The van der Waals surface area contributed by atoms with Crippen molar-refractivity contribution in [2.75, 3.05) is 0 Å². The van der Waals surface area contributed by atoms with Crippen LogP contribution >= 0.6 is 11.8 Å². The summed E-state index contributed by atoms with van der Waals surface area (Å²) in [6.45, 7) is 0. The minimum atomic E-state index is 0.308. The summed E-state index contributed by atoms with van der Waals surface area (Å²) in [7, 11) is 0. The molecule has 2 atom stereocenters. The van der Waals surface area contributed by atoms with Gasteiger partial charge in [0, 0.05) is 26.8 Å². The molecule has 2 aromatic heterocycles. The van der Waals surface area contributed by atoms with Crippen LogP contribution in [0.2, 0.25) is 0 Å². The molecule has 1 aliphatic heterocycles. The lowest BCUT2D eigenvalue weighted by molar-refractivity contribution is 0.816. The number of fused-ring (bicyclic) bond motifs is 8. The van der Waals surface area contributed by atoms with Crippen molar-refractivity contribution in [2.45, 2.75) is 16.1 Å². The molecule has 0 N–H and O–H groups in total. The smallest absolute Gasteiger partial charge is 0.138 e. The SMILES string of the molecule is C1=CC2c3ccccc3SC2c2c1n(-c1cc(-c3ccc(-c4ccccc4)cc3)c3ccccc3n1)c1ccc(-c3ccccc3)cc21. The largest absolute Gasteiger partial charge is 0.294 e. The van der Waals surface area contributed by atoms with Crippen molar-refractivity contribution in [3.05, 3.63) is 181 Å². The molecular weight excluding hydrogens is 601 g/mol. The van der Waals surface area contributed by atoms with E-state index in [1.807, 2.05) is 11.8 Å². The van der Waals surface area contributed by atoms with E-state index in [1.165, 1.54) is 66.0 Å². The molecule has 10 rings (SSSR count). The van der Waals surface area contributed by atoms with Crippen LogP contribution in [0.4, 0.5) is 0 Å². The van der Waals surface area contributed by atoms with Gasteiger partial charge < -0.3 is 0 Å². The number of para-hydroxylation sites is 1. The maximum Gasteiger partial charge on any atom is 0.138 e. The van der Waals surface area contributed by atoms with Crippen LogP contribution in [-0.2, 0) is 0 Å². The van der Waals surface area contributed by atoms with Crippen LogP contribution in [0, 0.1) is 0 Å². The summed E-state index contributed by atoms with van der Waals surface area (Å²) < 4.78 is 2.41. The van der Waals surface area contributed by atoms with Gasteiger partial charge in [-0.25, -0.2) is 4.98 Å². The minimum Gasteiger partial charge on any atom is -0.294 e. The summed E-state index contributed by atoms with van der Waals surface area (Å²) in [4.78, 5) is 6.74. The van der Waals surface area contributed by atoms with E-state index < -0.39 is 0 Å². The van der Waals surface area contributed by atoms with Gasteiger partial charge in [0.1, 0.15) is 5.82 Å². The van der Waals surface area contributed by atoms with Crippen LogP contribution in [0.3, 0.4) is 0 Å². The average Bonchev–Trinajstić information content (AvgIpc) is 3.70. The van der Waals surface area contributed by atoms with E-state index in [0.717, 1.165) is 16.7 Å². The van der Waals surface area contributed by atoms with Crippen LogP contribution in [0.5, 0.6) is 0 Å². The predicted molar refractivity (Wildman–Crippen MR) is 202 cm³/mol. The van der Waals surface area contributed by atoms with E-state index in [0.29, 0.717) is 11.2 Å². The van der Waals surface area contributed by atoms with Crippen molar-refractivity contribution in [1.82, 2.24) is 9.55 Å². The Balaban J connectivity index is 1.20. The van der Waals surface area contributed by atoms with Gasteiger partial charge in [0.25, 0.3) is 0 Å². The average molecular weight is 631 g/mol. The topological polar surface area (TPSA) is 17.8 Å². The van der Waals surface area contributed by atoms with E-state index in [4.69, 9.17) is 4.98 Å². The Bertz CT molecular complexity index is 2530. The van der Waals surface area contributed by atoms with Crippen molar-refractivity contribution in [3.63, 3.8) is 0 Å². The quantitative estimate of drug-likeness (QED) is 0.193.